The number of carboxylic acids is 1. The van der Waals surface area contributed by atoms with Crippen LogP contribution in [-0.4, -0.2) is 24.2 Å². The minimum absolute atomic E-state index is 0.145. The zero-order valence-electron chi connectivity index (χ0n) is 9.74. The Kier molecular flexibility index (Phi) is 5.95. The third-order valence-corrected chi connectivity index (χ3v) is 3.31. The van der Waals surface area contributed by atoms with E-state index < -0.39 is 5.97 Å². The van der Waals surface area contributed by atoms with Gasteiger partial charge in [-0.05, 0) is 38.3 Å². The van der Waals surface area contributed by atoms with E-state index in [1.807, 2.05) is 0 Å². The molecular formula is C13H21NO2. The van der Waals surface area contributed by atoms with Crippen molar-refractivity contribution in [2.75, 3.05) is 13.1 Å². The third kappa shape index (κ3) is 4.24. The Bertz CT molecular complexity index is 257. The lowest BCUT2D eigenvalue weighted by Crippen LogP contribution is -2.35. The van der Waals surface area contributed by atoms with Crippen molar-refractivity contribution >= 4 is 5.97 Å². The molecule has 1 saturated carbocycles. The van der Waals surface area contributed by atoms with Crippen LogP contribution in [0.1, 0.15) is 38.5 Å². The maximum absolute atomic E-state index is 11.0. The van der Waals surface area contributed by atoms with E-state index in [9.17, 15) is 4.79 Å². The fraction of sp³-hybridized carbons (Fsp3) is 0.769. The van der Waals surface area contributed by atoms with Crippen molar-refractivity contribution in [2.45, 2.75) is 38.5 Å². The highest BCUT2D eigenvalue weighted by atomic mass is 16.4. The van der Waals surface area contributed by atoms with Gasteiger partial charge in [-0.1, -0.05) is 12.8 Å². The van der Waals surface area contributed by atoms with E-state index in [1.165, 1.54) is 6.42 Å². The smallest absolute Gasteiger partial charge is 0.306 e. The fourth-order valence-corrected chi connectivity index (χ4v) is 2.38. The van der Waals surface area contributed by atoms with Gasteiger partial charge in [-0.15, -0.1) is 12.3 Å². The summed E-state index contributed by atoms with van der Waals surface area (Å²) in [5, 5.41) is 12.4. The van der Waals surface area contributed by atoms with Gasteiger partial charge in [0.15, 0.2) is 0 Å². The molecule has 2 unspecified atom stereocenters. The number of hydrogen-bond acceptors (Lipinski definition) is 2. The minimum Gasteiger partial charge on any atom is -0.481 e. The van der Waals surface area contributed by atoms with E-state index in [-0.39, 0.29) is 5.92 Å². The van der Waals surface area contributed by atoms with Crippen LogP contribution in [0.25, 0.3) is 0 Å². The van der Waals surface area contributed by atoms with Crippen LogP contribution in [0.15, 0.2) is 0 Å². The number of terminal acetylenes is 1. The molecule has 2 atom stereocenters. The van der Waals surface area contributed by atoms with Gasteiger partial charge in [0, 0.05) is 6.42 Å². The van der Waals surface area contributed by atoms with Crippen molar-refractivity contribution in [1.82, 2.24) is 5.32 Å². The molecule has 0 aromatic carbocycles. The predicted molar refractivity (Wildman–Crippen MR) is 64.0 cm³/mol. The van der Waals surface area contributed by atoms with Crippen molar-refractivity contribution < 1.29 is 9.90 Å². The van der Waals surface area contributed by atoms with E-state index in [4.69, 9.17) is 11.5 Å². The van der Waals surface area contributed by atoms with Crippen LogP contribution < -0.4 is 5.32 Å². The summed E-state index contributed by atoms with van der Waals surface area (Å²) < 4.78 is 0. The summed E-state index contributed by atoms with van der Waals surface area (Å²) >= 11 is 0. The summed E-state index contributed by atoms with van der Waals surface area (Å²) in [4.78, 5) is 11.0. The molecule has 16 heavy (non-hydrogen) atoms. The lowest BCUT2D eigenvalue weighted by atomic mass is 9.79. The van der Waals surface area contributed by atoms with Gasteiger partial charge in [-0.3, -0.25) is 4.79 Å². The molecule has 0 aromatic rings. The van der Waals surface area contributed by atoms with Gasteiger partial charge in [0.1, 0.15) is 0 Å². The Morgan fingerprint density at radius 1 is 1.44 bits per heavy atom. The molecule has 2 N–H and O–H groups in total. The van der Waals surface area contributed by atoms with Crippen LogP contribution in [0.5, 0.6) is 0 Å². The molecule has 0 amide bonds. The molecule has 1 fully saturated rings. The van der Waals surface area contributed by atoms with Crippen molar-refractivity contribution in [3.63, 3.8) is 0 Å². The van der Waals surface area contributed by atoms with Crippen LogP contribution in [0.2, 0.25) is 0 Å². The number of hydrogen-bond donors (Lipinski definition) is 2. The van der Waals surface area contributed by atoms with Crippen molar-refractivity contribution in [1.29, 1.82) is 0 Å². The molecule has 0 bridgehead atoms. The minimum atomic E-state index is -0.630. The lowest BCUT2D eigenvalue weighted by Gasteiger charge is -2.28. The molecule has 1 aliphatic rings. The Labute approximate surface area is 97.6 Å². The summed E-state index contributed by atoms with van der Waals surface area (Å²) in [5.74, 6) is 2.13. The molecule has 0 aromatic heterocycles. The Morgan fingerprint density at radius 2 is 2.19 bits per heavy atom. The molecule has 0 spiro atoms. The first-order valence-corrected chi connectivity index (χ1v) is 6.12. The number of carboxylic acid groups (broad SMARTS) is 1. The van der Waals surface area contributed by atoms with Gasteiger partial charge < -0.3 is 10.4 Å². The molecular weight excluding hydrogens is 202 g/mol. The van der Waals surface area contributed by atoms with Crippen molar-refractivity contribution in [3.8, 4) is 12.3 Å². The first-order valence-electron chi connectivity index (χ1n) is 6.12. The summed E-state index contributed by atoms with van der Waals surface area (Å²) in [6.45, 7) is 1.72. The Morgan fingerprint density at radius 3 is 2.88 bits per heavy atom. The molecule has 1 aliphatic carbocycles. The largest absolute Gasteiger partial charge is 0.481 e. The van der Waals surface area contributed by atoms with E-state index in [0.29, 0.717) is 5.92 Å². The van der Waals surface area contributed by atoms with Gasteiger partial charge in [0.05, 0.1) is 5.92 Å². The van der Waals surface area contributed by atoms with Gasteiger partial charge in [0.25, 0.3) is 0 Å². The number of carbonyl (C=O) groups is 1. The SMILES string of the molecule is C#CCCCNCC1CCCCC1C(=O)O. The Hall–Kier alpha value is -1.01. The first-order chi connectivity index (χ1) is 7.75. The highest BCUT2D eigenvalue weighted by Gasteiger charge is 2.29. The normalized spacial score (nSPS) is 24.9. The second-order valence-electron chi connectivity index (χ2n) is 4.50. The van der Waals surface area contributed by atoms with Crippen molar-refractivity contribution in [2.24, 2.45) is 11.8 Å². The van der Waals surface area contributed by atoms with Crippen LogP contribution in [0.3, 0.4) is 0 Å². The Balaban J connectivity index is 2.22. The van der Waals surface area contributed by atoms with Gasteiger partial charge >= 0.3 is 5.97 Å². The number of unbranched alkanes of at least 4 members (excludes halogenated alkanes) is 1. The fourth-order valence-electron chi connectivity index (χ4n) is 2.38. The van der Waals surface area contributed by atoms with E-state index in [2.05, 4.69) is 11.2 Å². The molecule has 0 heterocycles. The standard InChI is InChI=1S/C13H21NO2/c1-2-3-6-9-14-10-11-7-4-5-8-12(11)13(15)16/h1,11-12,14H,3-10H2,(H,15,16). The number of nitrogens with one attached hydrogen (secondary N) is 1. The van der Waals surface area contributed by atoms with Crippen molar-refractivity contribution in [3.05, 3.63) is 0 Å². The zero-order chi connectivity index (χ0) is 11.8. The average Bonchev–Trinajstić information content (AvgIpc) is 2.29. The third-order valence-electron chi connectivity index (χ3n) is 3.31. The van der Waals surface area contributed by atoms with Crippen LogP contribution in [0.4, 0.5) is 0 Å². The maximum atomic E-state index is 11.0. The predicted octanol–water partition coefficient (Wildman–Crippen LogP) is 1.88. The highest BCUT2D eigenvalue weighted by Crippen LogP contribution is 2.29. The molecule has 1 rings (SSSR count). The summed E-state index contributed by atoms with van der Waals surface area (Å²) in [6, 6.07) is 0. The molecule has 3 nitrogen and oxygen atoms in total. The highest BCUT2D eigenvalue weighted by molar-refractivity contribution is 5.70. The second-order valence-corrected chi connectivity index (χ2v) is 4.50. The van der Waals surface area contributed by atoms with Gasteiger partial charge in [-0.2, -0.15) is 0 Å². The molecule has 0 radical (unpaired) electrons. The van der Waals surface area contributed by atoms with Crippen LogP contribution in [-0.2, 0) is 4.79 Å². The maximum Gasteiger partial charge on any atom is 0.306 e. The van der Waals surface area contributed by atoms with Crippen LogP contribution >= 0.6 is 0 Å². The molecule has 0 saturated heterocycles. The monoisotopic (exact) mass is 223 g/mol. The van der Waals surface area contributed by atoms with Gasteiger partial charge in [0.2, 0.25) is 0 Å². The number of aliphatic carboxylic acids is 1. The molecule has 0 aliphatic heterocycles. The molecule has 90 valence electrons. The molecule has 3 heteroatoms. The van der Waals surface area contributed by atoms with E-state index in [1.54, 1.807) is 0 Å². The average molecular weight is 223 g/mol. The topological polar surface area (TPSA) is 49.3 Å². The second kappa shape index (κ2) is 7.29. The lowest BCUT2D eigenvalue weighted by molar-refractivity contribution is -0.144. The summed E-state index contributed by atoms with van der Waals surface area (Å²) in [7, 11) is 0. The summed E-state index contributed by atoms with van der Waals surface area (Å²) in [6.07, 6.45) is 11.0. The summed E-state index contributed by atoms with van der Waals surface area (Å²) in [5.41, 5.74) is 0. The van der Waals surface area contributed by atoms with Gasteiger partial charge in [-0.25, -0.2) is 0 Å². The van der Waals surface area contributed by atoms with E-state index >= 15 is 0 Å². The van der Waals surface area contributed by atoms with E-state index in [0.717, 1.165) is 45.2 Å². The van der Waals surface area contributed by atoms with Crippen LogP contribution in [0, 0.1) is 24.2 Å². The zero-order valence-corrected chi connectivity index (χ0v) is 9.74. The quantitative estimate of drug-likeness (QED) is 0.534. The number of rotatable bonds is 6. The first kappa shape index (κ1) is 13.1.